The van der Waals surface area contributed by atoms with Gasteiger partial charge in [-0.3, -0.25) is 9.78 Å². The first-order valence-corrected chi connectivity index (χ1v) is 9.51. The number of fused-ring (bicyclic) bond motifs is 1. The van der Waals surface area contributed by atoms with Gasteiger partial charge in [-0.1, -0.05) is 26.7 Å². The molecule has 1 N–H and O–H groups in total. The number of amides is 1. The van der Waals surface area contributed by atoms with E-state index in [2.05, 4.69) is 17.2 Å². The molecular weight excluding hydrogens is 328 g/mol. The summed E-state index contributed by atoms with van der Waals surface area (Å²) in [5.74, 6) is 0.603. The van der Waals surface area contributed by atoms with Crippen LogP contribution in [-0.2, 0) is 9.53 Å². The number of carbonyl (C=O) groups is 1. The molecule has 1 aromatic carbocycles. The Morgan fingerprint density at radius 1 is 1.19 bits per heavy atom. The first-order chi connectivity index (χ1) is 12.6. The fraction of sp³-hybridized carbons (Fsp3) is 0.524. The van der Waals surface area contributed by atoms with Crippen molar-refractivity contribution in [1.82, 2.24) is 4.98 Å². The van der Waals surface area contributed by atoms with Gasteiger partial charge in [-0.25, -0.2) is 0 Å². The molecule has 1 aromatic heterocycles. The fourth-order valence-corrected chi connectivity index (χ4v) is 2.87. The number of pyridine rings is 1. The predicted molar refractivity (Wildman–Crippen MR) is 106 cm³/mol. The topological polar surface area (TPSA) is 60.5 Å². The predicted octanol–water partition coefficient (Wildman–Crippen LogP) is 4.95. The maximum atomic E-state index is 13.0. The average molecular weight is 358 g/mol. The van der Waals surface area contributed by atoms with E-state index in [1.807, 2.05) is 45.0 Å². The molecule has 1 amide bonds. The van der Waals surface area contributed by atoms with Crippen LogP contribution in [0.2, 0.25) is 0 Å². The molecule has 0 aliphatic carbocycles. The average Bonchev–Trinajstić information content (AvgIpc) is 2.66. The molecule has 0 unspecified atom stereocenters. The van der Waals surface area contributed by atoms with E-state index in [0.717, 1.165) is 41.6 Å². The monoisotopic (exact) mass is 358 g/mol. The zero-order valence-electron chi connectivity index (χ0n) is 16.3. The van der Waals surface area contributed by atoms with Gasteiger partial charge in [-0.15, -0.1) is 0 Å². The number of nitrogens with one attached hydrogen (secondary N) is 1. The second-order valence-electron chi connectivity index (χ2n) is 6.58. The lowest BCUT2D eigenvalue weighted by Gasteiger charge is -2.29. The lowest BCUT2D eigenvalue weighted by molar-refractivity contribution is -0.140. The number of hydrogen-bond donors (Lipinski definition) is 1. The summed E-state index contributed by atoms with van der Waals surface area (Å²) in [6, 6.07) is 7.52. The molecule has 1 heterocycles. The van der Waals surface area contributed by atoms with E-state index < -0.39 is 5.60 Å². The quantitative estimate of drug-likeness (QED) is 0.653. The Morgan fingerprint density at radius 3 is 2.69 bits per heavy atom. The number of anilines is 1. The number of ether oxygens (including phenoxy) is 2. The van der Waals surface area contributed by atoms with Crippen LogP contribution in [0, 0.1) is 0 Å². The summed E-state index contributed by atoms with van der Waals surface area (Å²) in [5.41, 5.74) is 0.639. The van der Waals surface area contributed by atoms with Crippen LogP contribution in [-0.4, -0.2) is 29.7 Å². The van der Waals surface area contributed by atoms with Gasteiger partial charge < -0.3 is 14.8 Å². The first kappa shape index (κ1) is 20.2. The van der Waals surface area contributed by atoms with Gasteiger partial charge >= 0.3 is 0 Å². The number of carbonyl (C=O) groups excluding carboxylic acids is 1. The standard InChI is InChI=1S/C21H30N2O3/c1-5-8-13-21(4,26-15-6-2)20(24)23-17-11-12-18(25-7-3)19-16(17)10-9-14-22-19/h9-12,14H,5-8,13,15H2,1-4H3,(H,23,24)/t21-/m1/s1. The maximum Gasteiger partial charge on any atom is 0.256 e. The second kappa shape index (κ2) is 9.53. The van der Waals surface area contributed by atoms with Crippen LogP contribution < -0.4 is 10.1 Å². The SMILES string of the molecule is CCCC[C@@](C)(OCCC)C(=O)Nc1ccc(OCC)c2ncccc12. The van der Waals surface area contributed by atoms with E-state index in [-0.39, 0.29) is 5.91 Å². The molecule has 26 heavy (non-hydrogen) atoms. The van der Waals surface area contributed by atoms with Gasteiger partial charge in [0.1, 0.15) is 16.9 Å². The molecule has 142 valence electrons. The highest BCUT2D eigenvalue weighted by Gasteiger charge is 2.33. The van der Waals surface area contributed by atoms with Gasteiger partial charge in [-0.05, 0) is 51.0 Å². The molecule has 2 aromatic rings. The summed E-state index contributed by atoms with van der Waals surface area (Å²) in [6.45, 7) is 9.11. The van der Waals surface area contributed by atoms with E-state index in [1.54, 1.807) is 6.20 Å². The molecule has 0 saturated carbocycles. The Bertz CT molecular complexity index is 722. The van der Waals surface area contributed by atoms with Gasteiger partial charge in [-0.2, -0.15) is 0 Å². The molecule has 0 fully saturated rings. The zero-order chi connectivity index (χ0) is 19.0. The lowest BCUT2D eigenvalue weighted by atomic mass is 9.97. The third-order valence-corrected chi connectivity index (χ3v) is 4.39. The Labute approximate surface area is 156 Å². The number of nitrogens with zero attached hydrogens (tertiary/aromatic N) is 1. The zero-order valence-corrected chi connectivity index (χ0v) is 16.3. The normalized spacial score (nSPS) is 13.4. The van der Waals surface area contributed by atoms with Crippen LogP contribution in [0.25, 0.3) is 10.9 Å². The van der Waals surface area contributed by atoms with Crippen LogP contribution in [0.5, 0.6) is 5.75 Å². The van der Waals surface area contributed by atoms with Crippen LogP contribution in [0.15, 0.2) is 30.5 Å². The molecule has 2 rings (SSSR count). The van der Waals surface area contributed by atoms with Crippen molar-refractivity contribution in [2.45, 2.75) is 59.0 Å². The van der Waals surface area contributed by atoms with Crippen molar-refractivity contribution in [3.8, 4) is 5.75 Å². The molecule has 0 radical (unpaired) electrons. The van der Waals surface area contributed by atoms with Crippen molar-refractivity contribution in [2.24, 2.45) is 0 Å². The molecule has 0 spiro atoms. The second-order valence-corrected chi connectivity index (χ2v) is 6.58. The Kier molecular flexibility index (Phi) is 7.39. The highest BCUT2D eigenvalue weighted by Crippen LogP contribution is 2.31. The van der Waals surface area contributed by atoms with Crippen molar-refractivity contribution in [1.29, 1.82) is 0 Å². The minimum absolute atomic E-state index is 0.117. The largest absolute Gasteiger partial charge is 0.492 e. The molecule has 1 atom stereocenters. The highest BCUT2D eigenvalue weighted by atomic mass is 16.5. The number of benzene rings is 1. The van der Waals surface area contributed by atoms with Crippen LogP contribution in [0.3, 0.4) is 0 Å². The Hall–Kier alpha value is -2.14. The molecular formula is C21H30N2O3. The summed E-state index contributed by atoms with van der Waals surface area (Å²) in [5, 5.41) is 3.91. The minimum atomic E-state index is -0.834. The number of hydrogen-bond acceptors (Lipinski definition) is 4. The maximum absolute atomic E-state index is 13.0. The van der Waals surface area contributed by atoms with Crippen molar-refractivity contribution < 1.29 is 14.3 Å². The molecule has 0 aliphatic heterocycles. The van der Waals surface area contributed by atoms with Gasteiger partial charge in [0.2, 0.25) is 0 Å². The minimum Gasteiger partial charge on any atom is -0.492 e. The number of aromatic nitrogens is 1. The van der Waals surface area contributed by atoms with Gasteiger partial charge in [0.15, 0.2) is 0 Å². The Morgan fingerprint density at radius 2 is 2.00 bits per heavy atom. The van der Waals surface area contributed by atoms with Crippen molar-refractivity contribution >= 4 is 22.5 Å². The highest BCUT2D eigenvalue weighted by molar-refractivity contribution is 6.05. The van der Waals surface area contributed by atoms with Crippen molar-refractivity contribution in [2.75, 3.05) is 18.5 Å². The van der Waals surface area contributed by atoms with Crippen molar-refractivity contribution in [3.63, 3.8) is 0 Å². The van der Waals surface area contributed by atoms with Crippen LogP contribution in [0.4, 0.5) is 5.69 Å². The van der Waals surface area contributed by atoms with E-state index in [4.69, 9.17) is 9.47 Å². The first-order valence-electron chi connectivity index (χ1n) is 9.51. The van der Waals surface area contributed by atoms with Crippen LogP contribution in [0.1, 0.15) is 53.4 Å². The van der Waals surface area contributed by atoms with E-state index in [0.29, 0.717) is 19.6 Å². The van der Waals surface area contributed by atoms with Gasteiger partial charge in [0, 0.05) is 18.2 Å². The lowest BCUT2D eigenvalue weighted by Crippen LogP contribution is -2.43. The molecule has 0 saturated heterocycles. The number of rotatable bonds is 10. The van der Waals surface area contributed by atoms with Gasteiger partial charge in [0.25, 0.3) is 5.91 Å². The van der Waals surface area contributed by atoms with E-state index >= 15 is 0 Å². The summed E-state index contributed by atoms with van der Waals surface area (Å²) in [6.07, 6.45) is 5.27. The molecule has 0 aliphatic rings. The smallest absolute Gasteiger partial charge is 0.256 e. The molecule has 5 nitrogen and oxygen atoms in total. The summed E-state index contributed by atoms with van der Waals surface area (Å²) in [4.78, 5) is 17.4. The summed E-state index contributed by atoms with van der Waals surface area (Å²) < 4.78 is 11.6. The Balaban J connectivity index is 2.30. The fourth-order valence-electron chi connectivity index (χ4n) is 2.87. The summed E-state index contributed by atoms with van der Waals surface area (Å²) >= 11 is 0. The third kappa shape index (κ3) is 4.73. The van der Waals surface area contributed by atoms with E-state index in [1.165, 1.54) is 0 Å². The summed E-state index contributed by atoms with van der Waals surface area (Å²) in [7, 11) is 0. The molecule has 5 heteroatoms. The van der Waals surface area contributed by atoms with Crippen LogP contribution >= 0.6 is 0 Å². The number of unbranched alkanes of at least 4 members (excludes halogenated alkanes) is 1. The van der Waals surface area contributed by atoms with Gasteiger partial charge in [0.05, 0.1) is 12.3 Å². The molecule has 0 bridgehead atoms. The van der Waals surface area contributed by atoms with E-state index in [9.17, 15) is 4.79 Å². The third-order valence-electron chi connectivity index (χ3n) is 4.39. The van der Waals surface area contributed by atoms with Crippen molar-refractivity contribution in [3.05, 3.63) is 30.5 Å².